The number of fused-ring (bicyclic) bond motifs is 2. The van der Waals surface area contributed by atoms with Gasteiger partial charge in [-0.1, -0.05) is 19.1 Å². The Bertz CT molecular complexity index is 603. The molecule has 1 atom stereocenters. The molecule has 2 aromatic rings. The van der Waals surface area contributed by atoms with Crippen LogP contribution in [0, 0.1) is 0 Å². The first-order valence-electron chi connectivity index (χ1n) is 5.42. The summed E-state index contributed by atoms with van der Waals surface area (Å²) in [6.07, 6.45) is 0.908. The molecule has 4 nitrogen and oxygen atoms in total. The number of aromatic nitrogens is 2. The maximum atomic E-state index is 12.1. The molecule has 82 valence electrons. The Labute approximate surface area is 92.4 Å². The summed E-state index contributed by atoms with van der Waals surface area (Å²) in [5.74, 6) is 1.00. The van der Waals surface area contributed by atoms with Crippen LogP contribution in [-0.2, 0) is 0 Å². The molecular weight excluding hydrogens is 204 g/mol. The van der Waals surface area contributed by atoms with E-state index >= 15 is 0 Å². The molecule has 4 heteroatoms. The van der Waals surface area contributed by atoms with E-state index in [1.807, 2.05) is 18.2 Å². The van der Waals surface area contributed by atoms with Gasteiger partial charge in [0.15, 0.2) is 5.82 Å². The zero-order chi connectivity index (χ0) is 11.1. The Balaban J connectivity index is 2.41. The standard InChI is InChI=1S/C12H12N2O2/c1-8-6-7-16-14-11(8)13-10-5-3-2-4-9(10)12(14)15/h2-5,8H,6-7H2,1H3/t8-/m0/s1. The summed E-state index contributed by atoms with van der Waals surface area (Å²) in [6, 6.07) is 7.37. The number of rotatable bonds is 0. The first kappa shape index (κ1) is 9.39. The fourth-order valence-electron chi connectivity index (χ4n) is 2.02. The zero-order valence-electron chi connectivity index (χ0n) is 9.01. The van der Waals surface area contributed by atoms with Crippen LogP contribution in [0.5, 0.6) is 0 Å². The molecule has 0 fully saturated rings. The van der Waals surface area contributed by atoms with E-state index in [-0.39, 0.29) is 11.5 Å². The van der Waals surface area contributed by atoms with Crippen LogP contribution in [0.1, 0.15) is 25.1 Å². The van der Waals surface area contributed by atoms with Gasteiger partial charge in [-0.15, -0.1) is 4.73 Å². The van der Waals surface area contributed by atoms with Crippen molar-refractivity contribution in [2.75, 3.05) is 6.61 Å². The SMILES string of the molecule is C[C@H]1CCOn2c1nc1ccccc1c2=O. The van der Waals surface area contributed by atoms with E-state index in [2.05, 4.69) is 11.9 Å². The normalized spacial score (nSPS) is 19.2. The van der Waals surface area contributed by atoms with Crippen LogP contribution >= 0.6 is 0 Å². The molecule has 0 N–H and O–H groups in total. The highest BCUT2D eigenvalue weighted by Crippen LogP contribution is 2.20. The number of para-hydroxylation sites is 1. The summed E-state index contributed by atoms with van der Waals surface area (Å²) < 4.78 is 1.34. The monoisotopic (exact) mass is 216 g/mol. The Morgan fingerprint density at radius 2 is 2.25 bits per heavy atom. The van der Waals surface area contributed by atoms with Crippen LogP contribution in [0.4, 0.5) is 0 Å². The van der Waals surface area contributed by atoms with Crippen LogP contribution in [0.3, 0.4) is 0 Å². The summed E-state index contributed by atoms with van der Waals surface area (Å²) in [7, 11) is 0. The van der Waals surface area contributed by atoms with Crippen LogP contribution < -0.4 is 10.4 Å². The van der Waals surface area contributed by atoms with Gasteiger partial charge in [0.2, 0.25) is 0 Å². The van der Waals surface area contributed by atoms with Crippen LogP contribution in [-0.4, -0.2) is 16.3 Å². The summed E-state index contributed by atoms with van der Waals surface area (Å²) in [5.41, 5.74) is 0.642. The van der Waals surface area contributed by atoms with Crippen molar-refractivity contribution in [1.82, 2.24) is 9.71 Å². The van der Waals surface area contributed by atoms with Crippen molar-refractivity contribution < 1.29 is 4.84 Å². The summed E-state index contributed by atoms with van der Waals surface area (Å²) >= 11 is 0. The molecule has 1 aliphatic heterocycles. The van der Waals surface area contributed by atoms with E-state index in [4.69, 9.17) is 4.84 Å². The van der Waals surface area contributed by atoms with Crippen LogP contribution in [0.2, 0.25) is 0 Å². The summed E-state index contributed by atoms with van der Waals surface area (Å²) in [5, 5.41) is 0.611. The number of nitrogens with zero attached hydrogens (tertiary/aromatic N) is 2. The Kier molecular flexibility index (Phi) is 1.96. The van der Waals surface area contributed by atoms with Crippen molar-refractivity contribution >= 4 is 10.9 Å². The van der Waals surface area contributed by atoms with Gasteiger partial charge in [-0.25, -0.2) is 4.98 Å². The minimum absolute atomic E-state index is 0.104. The topological polar surface area (TPSA) is 44.1 Å². The molecule has 0 bridgehead atoms. The average Bonchev–Trinajstić information content (AvgIpc) is 2.31. The molecule has 0 radical (unpaired) electrons. The van der Waals surface area contributed by atoms with E-state index in [0.29, 0.717) is 12.0 Å². The van der Waals surface area contributed by atoms with Gasteiger partial charge in [-0.05, 0) is 18.6 Å². The molecular formula is C12H12N2O2. The molecule has 0 unspecified atom stereocenters. The predicted octanol–water partition coefficient (Wildman–Crippen LogP) is 1.33. The third kappa shape index (κ3) is 1.23. The molecule has 0 saturated heterocycles. The van der Waals surface area contributed by atoms with E-state index in [1.165, 1.54) is 4.73 Å². The minimum atomic E-state index is -0.104. The predicted molar refractivity (Wildman–Crippen MR) is 60.5 cm³/mol. The van der Waals surface area contributed by atoms with Gasteiger partial charge in [-0.3, -0.25) is 4.79 Å². The maximum Gasteiger partial charge on any atom is 0.294 e. The molecule has 1 aliphatic rings. The Morgan fingerprint density at radius 3 is 3.12 bits per heavy atom. The second-order valence-electron chi connectivity index (χ2n) is 4.11. The van der Waals surface area contributed by atoms with Gasteiger partial charge in [-0.2, -0.15) is 0 Å². The van der Waals surface area contributed by atoms with Crippen molar-refractivity contribution in [3.05, 3.63) is 40.4 Å². The number of hydrogen-bond acceptors (Lipinski definition) is 3. The van der Waals surface area contributed by atoms with Crippen molar-refractivity contribution in [3.8, 4) is 0 Å². The van der Waals surface area contributed by atoms with Crippen LogP contribution in [0.15, 0.2) is 29.1 Å². The van der Waals surface area contributed by atoms with Crippen LogP contribution in [0.25, 0.3) is 10.9 Å². The molecule has 1 aromatic heterocycles. The number of hydrogen-bond donors (Lipinski definition) is 0. The van der Waals surface area contributed by atoms with E-state index in [1.54, 1.807) is 6.07 Å². The zero-order valence-corrected chi connectivity index (χ0v) is 9.01. The maximum absolute atomic E-state index is 12.1. The largest absolute Gasteiger partial charge is 0.409 e. The van der Waals surface area contributed by atoms with Crippen molar-refractivity contribution in [2.24, 2.45) is 0 Å². The highest BCUT2D eigenvalue weighted by Gasteiger charge is 2.21. The lowest BCUT2D eigenvalue weighted by Crippen LogP contribution is -2.36. The third-order valence-corrected chi connectivity index (χ3v) is 2.97. The van der Waals surface area contributed by atoms with Crippen molar-refractivity contribution in [2.45, 2.75) is 19.3 Å². The highest BCUT2D eigenvalue weighted by molar-refractivity contribution is 5.77. The molecule has 16 heavy (non-hydrogen) atoms. The smallest absolute Gasteiger partial charge is 0.294 e. The second-order valence-corrected chi connectivity index (χ2v) is 4.11. The molecule has 0 aliphatic carbocycles. The van der Waals surface area contributed by atoms with Crippen molar-refractivity contribution in [3.63, 3.8) is 0 Å². The van der Waals surface area contributed by atoms with Gasteiger partial charge in [0.1, 0.15) is 6.61 Å². The molecule has 0 saturated carbocycles. The van der Waals surface area contributed by atoms with Gasteiger partial charge in [0.05, 0.1) is 10.9 Å². The summed E-state index contributed by atoms with van der Waals surface area (Å²) in [4.78, 5) is 22.0. The molecule has 0 spiro atoms. The van der Waals surface area contributed by atoms with Gasteiger partial charge >= 0.3 is 0 Å². The fraction of sp³-hybridized carbons (Fsp3) is 0.333. The Morgan fingerprint density at radius 1 is 1.44 bits per heavy atom. The molecule has 3 rings (SSSR count). The lowest BCUT2D eigenvalue weighted by atomic mass is 10.1. The average molecular weight is 216 g/mol. The minimum Gasteiger partial charge on any atom is -0.409 e. The van der Waals surface area contributed by atoms with E-state index in [0.717, 1.165) is 17.8 Å². The van der Waals surface area contributed by atoms with Gasteiger partial charge in [0.25, 0.3) is 5.56 Å². The quantitative estimate of drug-likeness (QED) is 0.667. The summed E-state index contributed by atoms with van der Waals surface area (Å²) in [6.45, 7) is 2.64. The Hall–Kier alpha value is -1.84. The van der Waals surface area contributed by atoms with E-state index in [9.17, 15) is 4.79 Å². The molecule has 2 heterocycles. The van der Waals surface area contributed by atoms with Gasteiger partial charge in [0, 0.05) is 5.92 Å². The number of benzene rings is 1. The highest BCUT2D eigenvalue weighted by atomic mass is 16.7. The fourth-order valence-corrected chi connectivity index (χ4v) is 2.02. The third-order valence-electron chi connectivity index (χ3n) is 2.97. The first-order chi connectivity index (χ1) is 7.77. The lowest BCUT2D eigenvalue weighted by Gasteiger charge is -2.23. The lowest BCUT2D eigenvalue weighted by molar-refractivity contribution is 0.0612. The first-order valence-corrected chi connectivity index (χ1v) is 5.42. The van der Waals surface area contributed by atoms with E-state index < -0.39 is 0 Å². The second kappa shape index (κ2) is 3.33. The van der Waals surface area contributed by atoms with Crippen molar-refractivity contribution in [1.29, 1.82) is 0 Å². The molecule has 0 amide bonds. The molecule has 1 aromatic carbocycles. The van der Waals surface area contributed by atoms with Gasteiger partial charge < -0.3 is 4.84 Å².